The molecule has 3 N–H and O–H groups in total. The SMILES string of the molecule is CC(C)O[C@@H]1O[C@@H](C)[C@@H](O)[C@H](O)[C@H]1O. The molecule has 1 heterocycles. The largest absolute Gasteiger partial charge is 0.388 e. The van der Waals surface area contributed by atoms with Gasteiger partial charge in [0.2, 0.25) is 0 Å². The van der Waals surface area contributed by atoms with Crippen molar-refractivity contribution < 1.29 is 24.8 Å². The molecule has 1 aliphatic rings. The number of aliphatic hydroxyl groups is 3. The van der Waals surface area contributed by atoms with Crippen molar-refractivity contribution in [1.82, 2.24) is 0 Å². The average Bonchev–Trinajstić information content (AvgIpc) is 2.10. The first kappa shape index (κ1) is 11.9. The monoisotopic (exact) mass is 206 g/mol. The van der Waals surface area contributed by atoms with Crippen LogP contribution in [0.3, 0.4) is 0 Å². The van der Waals surface area contributed by atoms with Crippen LogP contribution in [0.25, 0.3) is 0 Å². The third-order valence-electron chi connectivity index (χ3n) is 2.21. The molecule has 5 nitrogen and oxygen atoms in total. The first-order chi connectivity index (χ1) is 6.43. The maximum atomic E-state index is 9.51. The lowest BCUT2D eigenvalue weighted by Crippen LogP contribution is -2.57. The Bertz CT molecular complexity index is 184. The van der Waals surface area contributed by atoms with Crippen molar-refractivity contribution in [3.8, 4) is 0 Å². The van der Waals surface area contributed by atoms with Crippen molar-refractivity contribution in [2.24, 2.45) is 0 Å². The van der Waals surface area contributed by atoms with Crippen molar-refractivity contribution in [3.05, 3.63) is 0 Å². The molecule has 5 atom stereocenters. The topological polar surface area (TPSA) is 79.2 Å². The second kappa shape index (κ2) is 4.55. The van der Waals surface area contributed by atoms with Gasteiger partial charge in [-0.15, -0.1) is 0 Å². The summed E-state index contributed by atoms with van der Waals surface area (Å²) in [6, 6.07) is 0. The molecule has 0 spiro atoms. The van der Waals surface area contributed by atoms with Crippen molar-refractivity contribution in [2.75, 3.05) is 0 Å². The zero-order valence-electron chi connectivity index (χ0n) is 8.62. The fraction of sp³-hybridized carbons (Fsp3) is 1.00. The Balaban J connectivity index is 2.60. The molecule has 0 bridgehead atoms. The van der Waals surface area contributed by atoms with Crippen LogP contribution in [0.2, 0.25) is 0 Å². The van der Waals surface area contributed by atoms with Gasteiger partial charge in [0.25, 0.3) is 0 Å². The molecule has 0 saturated carbocycles. The van der Waals surface area contributed by atoms with E-state index in [2.05, 4.69) is 0 Å². The molecule has 1 aliphatic heterocycles. The average molecular weight is 206 g/mol. The van der Waals surface area contributed by atoms with Crippen LogP contribution in [-0.2, 0) is 9.47 Å². The highest BCUT2D eigenvalue weighted by Gasteiger charge is 2.42. The highest BCUT2D eigenvalue weighted by Crippen LogP contribution is 2.22. The van der Waals surface area contributed by atoms with Gasteiger partial charge in [0.15, 0.2) is 6.29 Å². The standard InChI is InChI=1S/C9H18O5/c1-4(2)13-9-8(12)7(11)6(10)5(3)14-9/h4-12H,1-3H3/t5-,6+,7-,8+,9+/m0/s1. The summed E-state index contributed by atoms with van der Waals surface area (Å²) < 4.78 is 10.5. The summed E-state index contributed by atoms with van der Waals surface area (Å²) >= 11 is 0. The van der Waals surface area contributed by atoms with Crippen LogP contribution in [0, 0.1) is 0 Å². The summed E-state index contributed by atoms with van der Waals surface area (Å²) in [4.78, 5) is 0. The first-order valence-electron chi connectivity index (χ1n) is 4.78. The molecule has 0 aromatic rings. The normalized spacial score (nSPS) is 44.4. The van der Waals surface area contributed by atoms with Crippen LogP contribution >= 0.6 is 0 Å². The molecule has 14 heavy (non-hydrogen) atoms. The molecule has 0 aromatic heterocycles. The van der Waals surface area contributed by atoms with Crippen LogP contribution in [0.15, 0.2) is 0 Å². The van der Waals surface area contributed by atoms with E-state index in [1.165, 1.54) is 0 Å². The quantitative estimate of drug-likeness (QED) is 0.553. The molecule has 0 aromatic carbocycles. The molecule has 1 rings (SSSR count). The van der Waals surface area contributed by atoms with Gasteiger partial charge in [-0.05, 0) is 20.8 Å². The van der Waals surface area contributed by atoms with E-state index in [4.69, 9.17) is 9.47 Å². The molecule has 0 amide bonds. The Morgan fingerprint density at radius 2 is 1.64 bits per heavy atom. The second-order valence-electron chi connectivity index (χ2n) is 3.87. The zero-order valence-corrected chi connectivity index (χ0v) is 8.62. The highest BCUT2D eigenvalue weighted by atomic mass is 16.7. The fourth-order valence-electron chi connectivity index (χ4n) is 1.39. The van der Waals surface area contributed by atoms with Crippen LogP contribution < -0.4 is 0 Å². The zero-order chi connectivity index (χ0) is 10.9. The van der Waals surface area contributed by atoms with Gasteiger partial charge >= 0.3 is 0 Å². The Morgan fingerprint density at radius 3 is 2.14 bits per heavy atom. The molecular weight excluding hydrogens is 188 g/mol. The van der Waals surface area contributed by atoms with Crippen molar-refractivity contribution >= 4 is 0 Å². The summed E-state index contributed by atoms with van der Waals surface area (Å²) in [7, 11) is 0. The van der Waals surface area contributed by atoms with Crippen LogP contribution in [0.5, 0.6) is 0 Å². The van der Waals surface area contributed by atoms with Gasteiger partial charge in [-0.25, -0.2) is 0 Å². The third kappa shape index (κ3) is 2.43. The third-order valence-corrected chi connectivity index (χ3v) is 2.21. The van der Waals surface area contributed by atoms with E-state index in [0.717, 1.165) is 0 Å². The van der Waals surface area contributed by atoms with Crippen molar-refractivity contribution in [3.63, 3.8) is 0 Å². The summed E-state index contributed by atoms with van der Waals surface area (Å²) in [5, 5.41) is 28.3. The smallest absolute Gasteiger partial charge is 0.186 e. The highest BCUT2D eigenvalue weighted by molar-refractivity contribution is 4.87. The van der Waals surface area contributed by atoms with E-state index in [-0.39, 0.29) is 6.10 Å². The molecule has 0 aliphatic carbocycles. The lowest BCUT2D eigenvalue weighted by Gasteiger charge is -2.39. The Kier molecular flexibility index (Phi) is 3.86. The Hall–Kier alpha value is -0.200. The minimum atomic E-state index is -1.22. The minimum absolute atomic E-state index is 0.107. The first-order valence-corrected chi connectivity index (χ1v) is 4.78. The number of hydrogen-bond acceptors (Lipinski definition) is 5. The van der Waals surface area contributed by atoms with Crippen LogP contribution in [-0.4, -0.2) is 52.1 Å². The van der Waals surface area contributed by atoms with E-state index in [0.29, 0.717) is 0 Å². The number of aliphatic hydroxyl groups excluding tert-OH is 3. The maximum Gasteiger partial charge on any atom is 0.186 e. The van der Waals surface area contributed by atoms with Crippen LogP contribution in [0.1, 0.15) is 20.8 Å². The predicted octanol–water partition coefficient (Wildman–Crippen LogP) is -0.761. The van der Waals surface area contributed by atoms with E-state index in [1.54, 1.807) is 20.8 Å². The minimum Gasteiger partial charge on any atom is -0.388 e. The van der Waals surface area contributed by atoms with E-state index in [1.807, 2.05) is 0 Å². The Morgan fingerprint density at radius 1 is 1.07 bits per heavy atom. The van der Waals surface area contributed by atoms with Gasteiger partial charge < -0.3 is 24.8 Å². The van der Waals surface area contributed by atoms with Crippen molar-refractivity contribution in [1.29, 1.82) is 0 Å². The van der Waals surface area contributed by atoms with Crippen LogP contribution in [0.4, 0.5) is 0 Å². The van der Waals surface area contributed by atoms with Gasteiger partial charge in [0.05, 0.1) is 12.2 Å². The molecule has 1 saturated heterocycles. The predicted molar refractivity (Wildman–Crippen MR) is 48.6 cm³/mol. The van der Waals surface area contributed by atoms with E-state index < -0.39 is 30.7 Å². The van der Waals surface area contributed by atoms with E-state index >= 15 is 0 Å². The maximum absolute atomic E-state index is 9.51. The Labute approximate surface area is 83.3 Å². The van der Waals surface area contributed by atoms with Gasteiger partial charge in [0, 0.05) is 0 Å². The molecule has 0 unspecified atom stereocenters. The molecular formula is C9H18O5. The number of rotatable bonds is 2. The lowest BCUT2D eigenvalue weighted by molar-refractivity contribution is -0.301. The fourth-order valence-corrected chi connectivity index (χ4v) is 1.39. The number of hydrogen-bond donors (Lipinski definition) is 3. The number of ether oxygens (including phenoxy) is 2. The molecule has 5 heteroatoms. The molecule has 84 valence electrons. The summed E-state index contributed by atoms with van der Waals surface area (Å²) in [6.07, 6.45) is -5.02. The second-order valence-corrected chi connectivity index (χ2v) is 3.87. The van der Waals surface area contributed by atoms with Gasteiger partial charge in [0.1, 0.15) is 18.3 Å². The molecule has 1 fully saturated rings. The van der Waals surface area contributed by atoms with Crippen molar-refractivity contribution in [2.45, 2.75) is 57.6 Å². The summed E-state index contributed by atoms with van der Waals surface area (Å²) in [6.45, 7) is 5.23. The summed E-state index contributed by atoms with van der Waals surface area (Å²) in [5.41, 5.74) is 0. The molecule has 0 radical (unpaired) electrons. The summed E-state index contributed by atoms with van der Waals surface area (Å²) in [5.74, 6) is 0. The van der Waals surface area contributed by atoms with Gasteiger partial charge in [-0.1, -0.05) is 0 Å². The lowest BCUT2D eigenvalue weighted by atomic mass is 10.00. The van der Waals surface area contributed by atoms with Gasteiger partial charge in [-0.2, -0.15) is 0 Å². The van der Waals surface area contributed by atoms with E-state index in [9.17, 15) is 15.3 Å². The van der Waals surface area contributed by atoms with Gasteiger partial charge in [-0.3, -0.25) is 0 Å².